The minimum absolute atomic E-state index is 0.0362. The fourth-order valence-corrected chi connectivity index (χ4v) is 10.7. The smallest absolute Gasteiger partial charge is 0.305 e. The SMILES string of the molecule is CCCCCCCCC/C=C\CCCCCCCC(=O)OCC/C=C\C/C=C\CCCCCCCCCCCCCCCCC(=O)NC(CO)C(O)CCCCCCCCCCCCCCCCCCCCCCCC. The average molecular weight is 1070 g/mol. The molecule has 0 aromatic rings. The topological polar surface area (TPSA) is 95.9 Å². The van der Waals surface area contributed by atoms with Crippen LogP contribution in [-0.4, -0.2) is 47.4 Å². The van der Waals surface area contributed by atoms with Crippen molar-refractivity contribution >= 4 is 11.9 Å². The molecule has 0 aliphatic carbocycles. The van der Waals surface area contributed by atoms with Crippen LogP contribution in [0.2, 0.25) is 0 Å². The fourth-order valence-electron chi connectivity index (χ4n) is 10.7. The lowest BCUT2D eigenvalue weighted by Crippen LogP contribution is -2.45. The van der Waals surface area contributed by atoms with Crippen LogP contribution in [0.4, 0.5) is 0 Å². The molecule has 448 valence electrons. The Bertz CT molecular complexity index is 1230. The number of nitrogens with one attached hydrogen (secondary N) is 1. The number of carbonyl (C=O) groups excluding carboxylic acids is 2. The van der Waals surface area contributed by atoms with Gasteiger partial charge in [-0.3, -0.25) is 9.59 Å². The van der Waals surface area contributed by atoms with Crippen LogP contribution in [0, 0.1) is 0 Å². The summed E-state index contributed by atoms with van der Waals surface area (Å²) in [6.07, 6.45) is 83.3. The second kappa shape index (κ2) is 65.6. The molecule has 76 heavy (non-hydrogen) atoms. The van der Waals surface area contributed by atoms with E-state index in [-0.39, 0.29) is 18.5 Å². The molecule has 0 aliphatic heterocycles. The Hall–Kier alpha value is -1.92. The molecule has 0 aromatic heterocycles. The number of esters is 1. The number of rotatable bonds is 64. The molecule has 0 aliphatic rings. The molecule has 0 rings (SSSR count). The molecule has 0 saturated carbocycles. The summed E-state index contributed by atoms with van der Waals surface area (Å²) in [6, 6.07) is -0.547. The highest BCUT2D eigenvalue weighted by Crippen LogP contribution is 2.18. The Balaban J connectivity index is 3.45. The molecule has 3 N–H and O–H groups in total. The molecule has 1 amide bonds. The lowest BCUT2D eigenvalue weighted by atomic mass is 10.0. The van der Waals surface area contributed by atoms with Gasteiger partial charge in [-0.05, 0) is 70.6 Å². The molecular formula is C70H133NO5. The van der Waals surface area contributed by atoms with Crippen molar-refractivity contribution in [2.45, 2.75) is 386 Å². The van der Waals surface area contributed by atoms with Crippen LogP contribution in [0.1, 0.15) is 373 Å². The van der Waals surface area contributed by atoms with Gasteiger partial charge in [-0.2, -0.15) is 0 Å². The van der Waals surface area contributed by atoms with Gasteiger partial charge in [0, 0.05) is 12.8 Å². The number of aliphatic hydroxyl groups excluding tert-OH is 2. The van der Waals surface area contributed by atoms with Crippen LogP contribution in [-0.2, 0) is 14.3 Å². The van der Waals surface area contributed by atoms with Crippen molar-refractivity contribution < 1.29 is 24.5 Å². The van der Waals surface area contributed by atoms with Gasteiger partial charge in [0.05, 0.1) is 25.4 Å². The van der Waals surface area contributed by atoms with E-state index in [4.69, 9.17) is 4.74 Å². The Morgan fingerprint density at radius 2 is 0.658 bits per heavy atom. The number of hydrogen-bond acceptors (Lipinski definition) is 5. The Kier molecular flexibility index (Phi) is 63.9. The van der Waals surface area contributed by atoms with Crippen LogP contribution in [0.25, 0.3) is 0 Å². The Morgan fingerprint density at radius 3 is 1.01 bits per heavy atom. The van der Waals surface area contributed by atoms with Gasteiger partial charge in [0.15, 0.2) is 0 Å². The first-order valence-electron chi connectivity index (χ1n) is 34.2. The molecule has 2 atom stereocenters. The van der Waals surface area contributed by atoms with Crippen LogP contribution < -0.4 is 5.32 Å². The Morgan fingerprint density at radius 1 is 0.368 bits per heavy atom. The predicted molar refractivity (Wildman–Crippen MR) is 333 cm³/mol. The van der Waals surface area contributed by atoms with E-state index in [0.29, 0.717) is 25.9 Å². The minimum Gasteiger partial charge on any atom is -0.465 e. The maximum Gasteiger partial charge on any atom is 0.305 e. The summed E-state index contributed by atoms with van der Waals surface area (Å²) in [5.41, 5.74) is 0. The number of aliphatic hydroxyl groups is 2. The fraction of sp³-hybridized carbons (Fsp3) is 0.886. The van der Waals surface area contributed by atoms with Crippen LogP contribution in [0.3, 0.4) is 0 Å². The van der Waals surface area contributed by atoms with Crippen molar-refractivity contribution in [1.82, 2.24) is 5.32 Å². The summed E-state index contributed by atoms with van der Waals surface area (Å²) in [7, 11) is 0. The van der Waals surface area contributed by atoms with Gasteiger partial charge in [-0.25, -0.2) is 0 Å². The van der Waals surface area contributed by atoms with Crippen LogP contribution in [0.5, 0.6) is 0 Å². The average Bonchev–Trinajstić information content (AvgIpc) is 3.42. The zero-order chi connectivity index (χ0) is 55.0. The van der Waals surface area contributed by atoms with E-state index in [0.717, 1.165) is 51.4 Å². The van der Waals surface area contributed by atoms with Gasteiger partial charge >= 0.3 is 5.97 Å². The molecule has 0 fully saturated rings. The number of allylic oxidation sites excluding steroid dienone is 5. The number of unbranched alkanes of at least 4 members (excludes halogenated alkanes) is 47. The van der Waals surface area contributed by atoms with E-state index in [2.05, 4.69) is 55.6 Å². The maximum atomic E-state index is 12.5. The second-order valence-electron chi connectivity index (χ2n) is 23.5. The second-order valence-corrected chi connectivity index (χ2v) is 23.5. The van der Waals surface area contributed by atoms with E-state index in [1.165, 1.54) is 289 Å². The summed E-state index contributed by atoms with van der Waals surface area (Å²) in [5, 5.41) is 23.4. The molecule has 0 saturated heterocycles. The van der Waals surface area contributed by atoms with E-state index in [1.54, 1.807) is 0 Å². The van der Waals surface area contributed by atoms with Gasteiger partial charge in [-0.1, -0.05) is 326 Å². The number of amides is 1. The number of carbonyl (C=O) groups is 2. The highest BCUT2D eigenvalue weighted by molar-refractivity contribution is 5.76. The molecular weight excluding hydrogens is 935 g/mol. The molecule has 0 heterocycles. The van der Waals surface area contributed by atoms with Crippen molar-refractivity contribution in [2.24, 2.45) is 0 Å². The third kappa shape index (κ3) is 61.3. The van der Waals surface area contributed by atoms with Crippen molar-refractivity contribution in [2.75, 3.05) is 13.2 Å². The molecule has 6 nitrogen and oxygen atoms in total. The molecule has 0 bridgehead atoms. The molecule has 6 heteroatoms. The van der Waals surface area contributed by atoms with Gasteiger partial charge < -0.3 is 20.3 Å². The number of ether oxygens (including phenoxy) is 1. The van der Waals surface area contributed by atoms with Gasteiger partial charge in [0.2, 0.25) is 5.91 Å². The standard InChI is InChI=1S/C70H133NO5/c1-3-5-7-9-11-13-15-17-19-21-22-23-25-28-31-34-38-42-46-50-54-58-62-68(73)67(66-72)71-69(74)63-59-55-51-47-43-39-35-32-29-26-24-27-30-33-37-41-45-49-53-57-61-65-76-70(75)64-60-56-52-48-44-40-36-20-18-16-14-12-10-8-6-4-2/h20,36,41,45,53,57,67-68,72-73H,3-19,21-35,37-40,42-44,46-52,54-56,58-66H2,1-2H3,(H,71,74)/b36-20-,45-41-,57-53-. The van der Waals surface area contributed by atoms with Crippen molar-refractivity contribution in [3.8, 4) is 0 Å². The van der Waals surface area contributed by atoms with E-state index in [9.17, 15) is 19.8 Å². The van der Waals surface area contributed by atoms with Gasteiger partial charge in [0.25, 0.3) is 0 Å². The largest absolute Gasteiger partial charge is 0.465 e. The van der Waals surface area contributed by atoms with Crippen molar-refractivity contribution in [1.29, 1.82) is 0 Å². The molecule has 2 unspecified atom stereocenters. The predicted octanol–water partition coefficient (Wildman–Crippen LogP) is 21.9. The van der Waals surface area contributed by atoms with E-state index >= 15 is 0 Å². The van der Waals surface area contributed by atoms with E-state index < -0.39 is 12.1 Å². The van der Waals surface area contributed by atoms with Crippen molar-refractivity contribution in [3.05, 3.63) is 36.5 Å². The number of hydrogen-bond donors (Lipinski definition) is 3. The highest BCUT2D eigenvalue weighted by atomic mass is 16.5. The van der Waals surface area contributed by atoms with Crippen LogP contribution in [0.15, 0.2) is 36.5 Å². The first-order chi connectivity index (χ1) is 37.5. The summed E-state index contributed by atoms with van der Waals surface area (Å²) < 4.78 is 5.42. The van der Waals surface area contributed by atoms with Crippen LogP contribution >= 0.6 is 0 Å². The van der Waals surface area contributed by atoms with E-state index in [1.807, 2.05) is 0 Å². The van der Waals surface area contributed by atoms with Gasteiger partial charge in [0.1, 0.15) is 0 Å². The molecule has 0 spiro atoms. The minimum atomic E-state index is -0.670. The normalized spacial score (nSPS) is 12.7. The van der Waals surface area contributed by atoms with Gasteiger partial charge in [-0.15, -0.1) is 0 Å². The third-order valence-electron chi connectivity index (χ3n) is 15.9. The summed E-state index contributed by atoms with van der Waals surface area (Å²) in [6.45, 7) is 4.87. The quantitative estimate of drug-likeness (QED) is 0.0320. The third-order valence-corrected chi connectivity index (χ3v) is 15.9. The zero-order valence-corrected chi connectivity index (χ0v) is 51.3. The first kappa shape index (κ1) is 74.1. The maximum absolute atomic E-state index is 12.5. The lowest BCUT2D eigenvalue weighted by Gasteiger charge is -2.22. The Labute approximate surface area is 474 Å². The first-order valence-corrected chi connectivity index (χ1v) is 34.2. The zero-order valence-electron chi connectivity index (χ0n) is 51.3. The highest BCUT2D eigenvalue weighted by Gasteiger charge is 2.20. The summed E-state index contributed by atoms with van der Waals surface area (Å²) in [5.74, 6) is -0.0781. The molecule has 0 aromatic carbocycles. The van der Waals surface area contributed by atoms with Crippen molar-refractivity contribution in [3.63, 3.8) is 0 Å². The monoisotopic (exact) mass is 1070 g/mol. The lowest BCUT2D eigenvalue weighted by molar-refractivity contribution is -0.143. The summed E-state index contributed by atoms with van der Waals surface area (Å²) >= 11 is 0. The molecule has 0 radical (unpaired) electrons. The summed E-state index contributed by atoms with van der Waals surface area (Å²) in [4.78, 5) is 24.6.